The molecule has 0 spiro atoms. The fraction of sp³-hybridized carbons (Fsp3) is 0.739. The maximum Gasteiger partial charge on any atom is 1.00 e. The van der Waals surface area contributed by atoms with Crippen LogP contribution in [0.3, 0.4) is 0 Å². The van der Waals surface area contributed by atoms with Crippen molar-refractivity contribution in [2.75, 3.05) is 0 Å². The van der Waals surface area contributed by atoms with E-state index in [9.17, 15) is 13.0 Å². The molecule has 1 rings (SSSR count). The van der Waals surface area contributed by atoms with E-state index in [4.69, 9.17) is 0 Å². The van der Waals surface area contributed by atoms with Crippen LogP contribution < -0.4 is 29.6 Å². The van der Waals surface area contributed by atoms with E-state index in [0.717, 1.165) is 37.7 Å². The predicted molar refractivity (Wildman–Crippen MR) is 113 cm³/mol. The molecule has 5 heteroatoms. The van der Waals surface area contributed by atoms with Crippen LogP contribution in [0, 0.1) is 0 Å². The first kappa shape index (κ1) is 28.1. The molecule has 0 heterocycles. The van der Waals surface area contributed by atoms with Crippen LogP contribution in [-0.4, -0.2) is 13.0 Å². The number of benzene rings is 1. The molecular weight excluding hydrogens is 379 g/mol. The molecule has 1 aromatic carbocycles. The molecule has 0 radical (unpaired) electrons. The molecule has 0 aliphatic heterocycles. The number of aryl methyl sites for hydroxylation is 3. The smallest absolute Gasteiger partial charge is 0.744 e. The van der Waals surface area contributed by atoms with Crippen LogP contribution in [-0.2, 0) is 29.4 Å². The van der Waals surface area contributed by atoms with Crippen molar-refractivity contribution in [3.8, 4) is 0 Å². The van der Waals surface area contributed by atoms with E-state index in [0.29, 0.717) is 12.0 Å². The zero-order valence-electron chi connectivity index (χ0n) is 18.7. The van der Waals surface area contributed by atoms with E-state index in [1.807, 2.05) is 13.0 Å². The Labute approximate surface area is 196 Å². The third-order valence-electron chi connectivity index (χ3n) is 5.27. The molecule has 0 unspecified atom stereocenters. The van der Waals surface area contributed by atoms with E-state index in [2.05, 4.69) is 13.8 Å². The van der Waals surface area contributed by atoms with Gasteiger partial charge in [0.05, 0.1) is 4.90 Å². The van der Waals surface area contributed by atoms with Gasteiger partial charge in [0, 0.05) is 0 Å². The van der Waals surface area contributed by atoms with Gasteiger partial charge in [0.1, 0.15) is 10.1 Å². The maximum absolute atomic E-state index is 11.8. The minimum absolute atomic E-state index is 0. The van der Waals surface area contributed by atoms with Gasteiger partial charge >= 0.3 is 29.6 Å². The molecule has 0 aliphatic carbocycles. The summed E-state index contributed by atoms with van der Waals surface area (Å²) < 4.78 is 35.4. The Morgan fingerprint density at radius 1 is 0.643 bits per heavy atom. The molecule has 0 aliphatic rings. The maximum atomic E-state index is 11.8. The molecule has 0 atom stereocenters. The van der Waals surface area contributed by atoms with Gasteiger partial charge in [-0.05, 0) is 54.9 Å². The summed E-state index contributed by atoms with van der Waals surface area (Å²) in [6.07, 6.45) is 15.4. The minimum Gasteiger partial charge on any atom is -0.744 e. The Morgan fingerprint density at radius 3 is 1.54 bits per heavy atom. The molecule has 0 fully saturated rings. The van der Waals surface area contributed by atoms with Crippen molar-refractivity contribution >= 4 is 10.1 Å². The normalized spacial score (nSPS) is 11.4. The monoisotopic (exact) mass is 418 g/mol. The Morgan fingerprint density at radius 2 is 1.11 bits per heavy atom. The van der Waals surface area contributed by atoms with Crippen molar-refractivity contribution in [3.05, 3.63) is 28.8 Å². The van der Waals surface area contributed by atoms with Gasteiger partial charge in [0.15, 0.2) is 0 Å². The summed E-state index contributed by atoms with van der Waals surface area (Å²) in [6.45, 7) is 6.44. The second kappa shape index (κ2) is 15.9. The Kier molecular flexibility index (Phi) is 16.0. The van der Waals surface area contributed by atoms with Gasteiger partial charge in [-0.1, -0.05) is 84.6 Å². The summed E-state index contributed by atoms with van der Waals surface area (Å²) in [5, 5.41) is 0. The summed E-state index contributed by atoms with van der Waals surface area (Å²) in [5.41, 5.74) is 3.06. The average Bonchev–Trinajstić information content (AvgIpc) is 2.62. The van der Waals surface area contributed by atoms with Crippen LogP contribution >= 0.6 is 0 Å². The van der Waals surface area contributed by atoms with Crippen LogP contribution in [0.15, 0.2) is 17.0 Å². The Hall–Kier alpha value is 0.130. The molecule has 3 nitrogen and oxygen atoms in total. The summed E-state index contributed by atoms with van der Waals surface area (Å²) >= 11 is 0. The molecule has 28 heavy (non-hydrogen) atoms. The average molecular weight is 419 g/mol. The molecule has 0 N–H and O–H groups in total. The van der Waals surface area contributed by atoms with Crippen molar-refractivity contribution in [3.63, 3.8) is 0 Å². The SMILES string of the molecule is CCCCCCCc1cc(CCC)c(S(=O)(=O)[O-])cc1CCCCCCC.[Na+]. The fourth-order valence-corrected chi connectivity index (χ4v) is 4.49. The van der Waals surface area contributed by atoms with Gasteiger partial charge in [-0.15, -0.1) is 0 Å². The first-order chi connectivity index (χ1) is 12.9. The van der Waals surface area contributed by atoms with Crippen LogP contribution in [0.5, 0.6) is 0 Å². The van der Waals surface area contributed by atoms with Gasteiger partial charge < -0.3 is 4.55 Å². The molecule has 0 aromatic heterocycles. The van der Waals surface area contributed by atoms with Crippen LogP contribution in [0.1, 0.15) is 108 Å². The Balaban J connectivity index is 0.00000729. The molecule has 0 amide bonds. The van der Waals surface area contributed by atoms with Crippen molar-refractivity contribution in [1.29, 1.82) is 0 Å². The second-order valence-corrected chi connectivity index (χ2v) is 9.11. The number of hydrogen-bond acceptors (Lipinski definition) is 3. The number of rotatable bonds is 15. The minimum atomic E-state index is -4.42. The molecule has 156 valence electrons. The van der Waals surface area contributed by atoms with Gasteiger partial charge in [-0.2, -0.15) is 0 Å². The summed E-state index contributed by atoms with van der Waals surface area (Å²) in [7, 11) is -4.42. The molecule has 0 bridgehead atoms. The van der Waals surface area contributed by atoms with Gasteiger partial charge in [-0.25, -0.2) is 8.42 Å². The van der Waals surface area contributed by atoms with Crippen molar-refractivity contribution in [1.82, 2.24) is 0 Å². The molecular formula is C23H39NaO3S. The van der Waals surface area contributed by atoms with Crippen molar-refractivity contribution in [2.24, 2.45) is 0 Å². The standard InChI is InChI=1S/C23H40O3S.Na/c1-4-7-9-11-13-16-20-18-22(15-6-3)23(27(24,25)26)19-21(20)17-14-12-10-8-5-2;/h18-19H,4-17H2,1-3H3,(H,24,25,26);/q;+1/p-1. The van der Waals surface area contributed by atoms with Crippen molar-refractivity contribution in [2.45, 2.75) is 116 Å². The zero-order valence-corrected chi connectivity index (χ0v) is 21.5. The molecule has 0 saturated heterocycles. The second-order valence-electron chi connectivity index (χ2n) is 7.76. The van der Waals surface area contributed by atoms with Gasteiger partial charge in [0.25, 0.3) is 0 Å². The summed E-state index contributed by atoms with van der Waals surface area (Å²) in [6, 6.07) is 3.73. The topological polar surface area (TPSA) is 57.2 Å². The molecule has 0 saturated carbocycles. The Bertz CT molecular complexity index is 641. The van der Waals surface area contributed by atoms with E-state index in [1.165, 1.54) is 56.9 Å². The fourth-order valence-electron chi connectivity index (χ4n) is 3.72. The van der Waals surface area contributed by atoms with E-state index < -0.39 is 10.1 Å². The summed E-state index contributed by atoms with van der Waals surface area (Å²) in [4.78, 5) is 0.0163. The number of hydrogen-bond donors (Lipinski definition) is 0. The van der Waals surface area contributed by atoms with Crippen molar-refractivity contribution < 1.29 is 42.5 Å². The first-order valence-electron chi connectivity index (χ1n) is 11.0. The van der Waals surface area contributed by atoms with E-state index in [1.54, 1.807) is 6.07 Å². The third kappa shape index (κ3) is 10.8. The third-order valence-corrected chi connectivity index (χ3v) is 6.19. The van der Waals surface area contributed by atoms with E-state index >= 15 is 0 Å². The quantitative estimate of drug-likeness (QED) is 0.249. The summed E-state index contributed by atoms with van der Waals surface area (Å²) in [5.74, 6) is 0. The predicted octanol–water partition coefficient (Wildman–Crippen LogP) is 3.57. The first-order valence-corrected chi connectivity index (χ1v) is 12.4. The molecule has 1 aromatic rings. The van der Waals surface area contributed by atoms with Gasteiger partial charge in [-0.3, -0.25) is 0 Å². The van der Waals surface area contributed by atoms with Gasteiger partial charge in [0.2, 0.25) is 0 Å². The van der Waals surface area contributed by atoms with Crippen LogP contribution in [0.4, 0.5) is 0 Å². The van der Waals surface area contributed by atoms with Crippen LogP contribution in [0.25, 0.3) is 0 Å². The van der Waals surface area contributed by atoms with Crippen LogP contribution in [0.2, 0.25) is 0 Å². The largest absolute Gasteiger partial charge is 1.00 e. The van der Waals surface area contributed by atoms with E-state index in [-0.39, 0.29) is 34.5 Å². The zero-order chi connectivity index (χ0) is 20.1. The number of unbranched alkanes of at least 4 members (excludes halogenated alkanes) is 8.